The fourth-order valence-corrected chi connectivity index (χ4v) is 7.32. The van der Waals surface area contributed by atoms with Gasteiger partial charge in [-0.05, 0) is 74.2 Å². The summed E-state index contributed by atoms with van der Waals surface area (Å²) in [5.41, 5.74) is 1.46. The van der Waals surface area contributed by atoms with E-state index in [-0.39, 0.29) is 10.8 Å². The Kier molecular flexibility index (Phi) is 3.65. The highest BCUT2D eigenvalue weighted by Crippen LogP contribution is 2.71. The molecule has 0 amide bonds. The Labute approximate surface area is 151 Å². The standard InChI is InChI=1S/C23H30O2/c1-5-22-14-15(3)21(4)18-10-8-17(24)13-16(18)7-9-19(21)20(22)11-12-23(22,25)6-2/h2,13,18-20,25H,3,5,7-12,14H2,1,4H3/t18-,19-,20-,21+,22-,23-/m0/s1. The predicted octanol–water partition coefficient (Wildman–Crippen LogP) is 4.44. The molecule has 0 heterocycles. The lowest BCUT2D eigenvalue weighted by atomic mass is 9.42. The number of aliphatic hydroxyl groups is 1. The summed E-state index contributed by atoms with van der Waals surface area (Å²) in [6, 6.07) is 0. The first kappa shape index (κ1) is 17.1. The van der Waals surface area contributed by atoms with Crippen LogP contribution in [0.2, 0.25) is 0 Å². The molecule has 0 spiro atoms. The molecule has 0 aromatic heterocycles. The molecule has 4 rings (SSSR count). The van der Waals surface area contributed by atoms with Crippen molar-refractivity contribution in [3.8, 4) is 12.3 Å². The van der Waals surface area contributed by atoms with E-state index in [1.54, 1.807) is 0 Å². The topological polar surface area (TPSA) is 37.3 Å². The molecular formula is C23H30O2. The van der Waals surface area contributed by atoms with Crippen molar-refractivity contribution in [3.05, 3.63) is 23.8 Å². The van der Waals surface area contributed by atoms with Crippen molar-refractivity contribution in [2.24, 2.45) is 28.6 Å². The van der Waals surface area contributed by atoms with Gasteiger partial charge in [0.25, 0.3) is 0 Å². The molecule has 4 aliphatic carbocycles. The summed E-state index contributed by atoms with van der Waals surface area (Å²) in [6.07, 6.45) is 15.0. The van der Waals surface area contributed by atoms with E-state index in [9.17, 15) is 9.90 Å². The minimum atomic E-state index is -0.991. The number of rotatable bonds is 1. The van der Waals surface area contributed by atoms with Crippen LogP contribution in [0, 0.1) is 40.9 Å². The van der Waals surface area contributed by atoms with Crippen LogP contribution < -0.4 is 0 Å². The quantitative estimate of drug-likeness (QED) is 0.567. The summed E-state index contributed by atoms with van der Waals surface area (Å²) in [5.74, 6) is 4.51. The summed E-state index contributed by atoms with van der Waals surface area (Å²) in [7, 11) is 0. The first-order valence-electron chi connectivity index (χ1n) is 9.94. The van der Waals surface area contributed by atoms with E-state index in [1.807, 2.05) is 6.08 Å². The van der Waals surface area contributed by atoms with E-state index in [0.29, 0.717) is 36.4 Å². The van der Waals surface area contributed by atoms with Gasteiger partial charge in [-0.25, -0.2) is 0 Å². The Morgan fingerprint density at radius 3 is 2.76 bits per heavy atom. The summed E-state index contributed by atoms with van der Waals surface area (Å²) in [5, 5.41) is 11.3. The van der Waals surface area contributed by atoms with Gasteiger partial charge in [-0.1, -0.05) is 37.5 Å². The molecule has 134 valence electrons. The summed E-state index contributed by atoms with van der Waals surface area (Å²) in [6.45, 7) is 9.12. The third-order valence-electron chi connectivity index (χ3n) is 8.71. The largest absolute Gasteiger partial charge is 0.377 e. The second-order valence-corrected chi connectivity index (χ2v) is 9.14. The summed E-state index contributed by atoms with van der Waals surface area (Å²) in [4.78, 5) is 11.9. The molecule has 4 aliphatic rings. The smallest absolute Gasteiger partial charge is 0.155 e. The van der Waals surface area contributed by atoms with Crippen molar-refractivity contribution in [2.75, 3.05) is 0 Å². The van der Waals surface area contributed by atoms with Gasteiger partial charge in [-0.2, -0.15) is 0 Å². The molecular weight excluding hydrogens is 308 g/mol. The van der Waals surface area contributed by atoms with E-state index in [1.165, 1.54) is 11.1 Å². The van der Waals surface area contributed by atoms with Crippen molar-refractivity contribution in [1.82, 2.24) is 0 Å². The van der Waals surface area contributed by atoms with Crippen LogP contribution in [0.3, 0.4) is 0 Å². The molecule has 0 saturated heterocycles. The number of carbonyl (C=O) groups excluding carboxylic acids is 1. The first-order chi connectivity index (χ1) is 11.8. The maximum Gasteiger partial charge on any atom is 0.155 e. The van der Waals surface area contributed by atoms with Gasteiger partial charge in [0.1, 0.15) is 5.60 Å². The van der Waals surface area contributed by atoms with E-state index in [0.717, 1.165) is 38.5 Å². The van der Waals surface area contributed by atoms with Gasteiger partial charge < -0.3 is 5.11 Å². The minimum Gasteiger partial charge on any atom is -0.377 e. The second-order valence-electron chi connectivity index (χ2n) is 9.14. The van der Waals surface area contributed by atoms with Crippen LogP contribution in [0.4, 0.5) is 0 Å². The molecule has 0 aliphatic heterocycles. The highest BCUT2D eigenvalue weighted by atomic mass is 16.3. The van der Waals surface area contributed by atoms with Crippen LogP contribution in [0.25, 0.3) is 0 Å². The number of hydrogen-bond donors (Lipinski definition) is 1. The summed E-state index contributed by atoms with van der Waals surface area (Å²) >= 11 is 0. The number of fused-ring (bicyclic) bond motifs is 5. The number of hydrogen-bond acceptors (Lipinski definition) is 2. The lowest BCUT2D eigenvalue weighted by Gasteiger charge is -2.62. The van der Waals surface area contributed by atoms with Crippen LogP contribution in [0.5, 0.6) is 0 Å². The Balaban J connectivity index is 1.80. The highest BCUT2D eigenvalue weighted by Gasteiger charge is 2.67. The molecule has 0 bridgehead atoms. The van der Waals surface area contributed by atoms with Gasteiger partial charge in [-0.15, -0.1) is 6.42 Å². The second kappa shape index (κ2) is 5.34. The SMILES string of the molecule is C#C[C@]1(O)CC[C@H]2[C@@H]3CCC4=CC(=O)CC[C@@H]4[C@@]3(C)C(=C)C[C@@]21CC. The Bertz CT molecular complexity index is 710. The van der Waals surface area contributed by atoms with Crippen LogP contribution in [-0.2, 0) is 4.79 Å². The molecule has 0 radical (unpaired) electrons. The third-order valence-corrected chi connectivity index (χ3v) is 8.71. The van der Waals surface area contributed by atoms with E-state index < -0.39 is 5.60 Å². The first-order valence-corrected chi connectivity index (χ1v) is 9.94. The average molecular weight is 338 g/mol. The number of carbonyl (C=O) groups is 1. The molecule has 3 fully saturated rings. The van der Waals surface area contributed by atoms with E-state index in [4.69, 9.17) is 6.42 Å². The van der Waals surface area contributed by atoms with Gasteiger partial charge in [0, 0.05) is 11.8 Å². The van der Waals surface area contributed by atoms with Crippen LogP contribution >= 0.6 is 0 Å². The van der Waals surface area contributed by atoms with Crippen molar-refractivity contribution in [2.45, 2.75) is 70.8 Å². The van der Waals surface area contributed by atoms with Crippen LogP contribution in [-0.4, -0.2) is 16.5 Å². The fourth-order valence-electron chi connectivity index (χ4n) is 7.32. The maximum absolute atomic E-state index is 11.9. The average Bonchev–Trinajstić information content (AvgIpc) is 2.89. The zero-order valence-electron chi connectivity index (χ0n) is 15.6. The molecule has 0 aromatic carbocycles. The zero-order chi connectivity index (χ0) is 18.0. The Morgan fingerprint density at radius 2 is 2.08 bits per heavy atom. The number of allylic oxidation sites excluding steroid dienone is 2. The third kappa shape index (κ3) is 1.94. The zero-order valence-corrected chi connectivity index (χ0v) is 15.6. The van der Waals surface area contributed by atoms with Crippen LogP contribution in [0.15, 0.2) is 23.8 Å². The monoisotopic (exact) mass is 338 g/mol. The lowest BCUT2D eigenvalue weighted by Crippen LogP contribution is -2.58. The number of terminal acetylenes is 1. The van der Waals surface area contributed by atoms with Gasteiger partial charge in [0.15, 0.2) is 5.78 Å². The molecule has 6 atom stereocenters. The van der Waals surface area contributed by atoms with E-state index in [2.05, 4.69) is 26.3 Å². The van der Waals surface area contributed by atoms with Gasteiger partial charge in [0.2, 0.25) is 0 Å². The molecule has 1 N–H and O–H groups in total. The van der Waals surface area contributed by atoms with Crippen molar-refractivity contribution >= 4 is 5.78 Å². The molecule has 25 heavy (non-hydrogen) atoms. The molecule has 2 heteroatoms. The minimum absolute atomic E-state index is 0.0496. The molecule has 0 unspecified atom stereocenters. The van der Waals surface area contributed by atoms with Gasteiger partial charge in [0.05, 0.1) is 0 Å². The molecule has 3 saturated carbocycles. The van der Waals surface area contributed by atoms with Crippen molar-refractivity contribution in [1.29, 1.82) is 0 Å². The fraction of sp³-hybridized carbons (Fsp3) is 0.696. The van der Waals surface area contributed by atoms with Crippen LogP contribution in [0.1, 0.15) is 65.2 Å². The normalized spacial score (nSPS) is 48.9. The summed E-state index contributed by atoms with van der Waals surface area (Å²) < 4.78 is 0. The maximum atomic E-state index is 11.9. The lowest BCUT2D eigenvalue weighted by molar-refractivity contribution is -0.118. The van der Waals surface area contributed by atoms with Crippen molar-refractivity contribution < 1.29 is 9.90 Å². The van der Waals surface area contributed by atoms with Gasteiger partial charge in [-0.3, -0.25) is 4.79 Å². The predicted molar refractivity (Wildman–Crippen MR) is 99.6 cm³/mol. The Hall–Kier alpha value is -1.33. The molecule has 0 aromatic rings. The molecule has 2 nitrogen and oxygen atoms in total. The number of ketones is 1. The van der Waals surface area contributed by atoms with E-state index >= 15 is 0 Å². The van der Waals surface area contributed by atoms with Crippen molar-refractivity contribution in [3.63, 3.8) is 0 Å². The Morgan fingerprint density at radius 1 is 1.32 bits per heavy atom. The highest BCUT2D eigenvalue weighted by molar-refractivity contribution is 5.91. The van der Waals surface area contributed by atoms with Gasteiger partial charge >= 0.3 is 0 Å².